The highest BCUT2D eigenvalue weighted by molar-refractivity contribution is 7.89. The lowest BCUT2D eigenvalue weighted by Crippen LogP contribution is -2.31. The van der Waals surface area contributed by atoms with Crippen LogP contribution in [0.15, 0.2) is 71.6 Å². The summed E-state index contributed by atoms with van der Waals surface area (Å²) >= 11 is 0. The molecule has 4 rings (SSSR count). The van der Waals surface area contributed by atoms with Gasteiger partial charge >= 0.3 is 5.97 Å². The van der Waals surface area contributed by atoms with Gasteiger partial charge in [-0.2, -0.15) is 0 Å². The Morgan fingerprint density at radius 1 is 1.06 bits per heavy atom. The SMILES string of the molecule is Cc1ccc(-c2cccc(S(=O)(=O)NC3CCCc4c(OCC(=O)O)cccc43)c2)cc1. The van der Waals surface area contributed by atoms with Gasteiger partial charge in [0.15, 0.2) is 6.61 Å². The lowest BCUT2D eigenvalue weighted by atomic mass is 9.87. The normalized spacial score (nSPS) is 15.7. The highest BCUT2D eigenvalue weighted by atomic mass is 32.2. The first kappa shape index (κ1) is 22.0. The van der Waals surface area contributed by atoms with Gasteiger partial charge in [-0.15, -0.1) is 0 Å². The maximum Gasteiger partial charge on any atom is 0.341 e. The van der Waals surface area contributed by atoms with Gasteiger partial charge in [-0.1, -0.05) is 54.1 Å². The fourth-order valence-electron chi connectivity index (χ4n) is 4.06. The number of aryl methyl sites for hydroxylation is 1. The average molecular weight is 452 g/mol. The van der Waals surface area contributed by atoms with Gasteiger partial charge in [-0.3, -0.25) is 0 Å². The minimum absolute atomic E-state index is 0.209. The van der Waals surface area contributed by atoms with Gasteiger partial charge in [0.05, 0.1) is 4.90 Å². The Balaban J connectivity index is 1.60. The first-order chi connectivity index (χ1) is 15.3. The molecule has 0 bridgehead atoms. The predicted molar refractivity (Wildman–Crippen MR) is 122 cm³/mol. The second-order valence-electron chi connectivity index (χ2n) is 7.97. The van der Waals surface area contributed by atoms with Crippen molar-refractivity contribution in [3.05, 3.63) is 83.4 Å². The van der Waals surface area contributed by atoms with Crippen molar-refractivity contribution >= 4 is 16.0 Å². The van der Waals surface area contributed by atoms with Gasteiger partial charge in [0.1, 0.15) is 5.75 Å². The Labute approximate surface area is 187 Å². The molecule has 0 heterocycles. The van der Waals surface area contributed by atoms with E-state index in [0.29, 0.717) is 18.6 Å². The van der Waals surface area contributed by atoms with E-state index in [1.54, 1.807) is 30.3 Å². The van der Waals surface area contributed by atoms with Crippen LogP contribution in [0.1, 0.15) is 35.6 Å². The molecule has 6 nitrogen and oxygen atoms in total. The molecule has 0 aliphatic heterocycles. The summed E-state index contributed by atoms with van der Waals surface area (Å²) in [5, 5.41) is 8.91. The van der Waals surface area contributed by atoms with Crippen LogP contribution in [0.3, 0.4) is 0 Å². The molecule has 0 amide bonds. The van der Waals surface area contributed by atoms with E-state index in [-0.39, 0.29) is 4.90 Å². The van der Waals surface area contributed by atoms with Gasteiger partial charge in [-0.05, 0) is 66.6 Å². The summed E-state index contributed by atoms with van der Waals surface area (Å²) < 4.78 is 34.7. The summed E-state index contributed by atoms with van der Waals surface area (Å²) in [6.07, 6.45) is 2.15. The second-order valence-corrected chi connectivity index (χ2v) is 9.68. The summed E-state index contributed by atoms with van der Waals surface area (Å²) in [7, 11) is -3.76. The van der Waals surface area contributed by atoms with Crippen molar-refractivity contribution in [3.63, 3.8) is 0 Å². The summed E-state index contributed by atoms with van der Waals surface area (Å²) in [6, 6.07) is 19.8. The molecule has 32 heavy (non-hydrogen) atoms. The lowest BCUT2D eigenvalue weighted by molar-refractivity contribution is -0.139. The fraction of sp³-hybridized carbons (Fsp3) is 0.240. The number of benzene rings is 3. The van der Waals surface area contributed by atoms with E-state index in [1.165, 1.54) is 0 Å². The zero-order chi connectivity index (χ0) is 22.7. The minimum atomic E-state index is -3.76. The maximum atomic E-state index is 13.2. The first-order valence-corrected chi connectivity index (χ1v) is 12.0. The highest BCUT2D eigenvalue weighted by Gasteiger charge is 2.27. The van der Waals surface area contributed by atoms with Crippen molar-refractivity contribution in [1.29, 1.82) is 0 Å². The lowest BCUT2D eigenvalue weighted by Gasteiger charge is -2.27. The van der Waals surface area contributed by atoms with Crippen molar-refractivity contribution < 1.29 is 23.1 Å². The number of carbonyl (C=O) groups is 1. The first-order valence-electron chi connectivity index (χ1n) is 10.5. The van der Waals surface area contributed by atoms with Crippen LogP contribution in [0.2, 0.25) is 0 Å². The largest absolute Gasteiger partial charge is 0.482 e. The second kappa shape index (κ2) is 9.14. The van der Waals surface area contributed by atoms with Gasteiger partial charge < -0.3 is 9.84 Å². The van der Waals surface area contributed by atoms with Crippen molar-refractivity contribution in [2.24, 2.45) is 0 Å². The molecule has 0 spiro atoms. The van der Waals surface area contributed by atoms with Crippen LogP contribution in [-0.2, 0) is 21.2 Å². The number of carboxylic acid groups (broad SMARTS) is 1. The van der Waals surface area contributed by atoms with Crippen LogP contribution in [0.25, 0.3) is 11.1 Å². The molecule has 1 aliphatic rings. The van der Waals surface area contributed by atoms with E-state index in [4.69, 9.17) is 9.84 Å². The summed E-state index contributed by atoms with van der Waals surface area (Å²) in [5.74, 6) is -0.556. The number of ether oxygens (including phenoxy) is 1. The molecule has 1 atom stereocenters. The average Bonchev–Trinajstić information content (AvgIpc) is 2.78. The Kier molecular flexibility index (Phi) is 6.30. The Morgan fingerprint density at radius 2 is 1.81 bits per heavy atom. The zero-order valence-corrected chi connectivity index (χ0v) is 18.6. The van der Waals surface area contributed by atoms with Crippen LogP contribution < -0.4 is 9.46 Å². The Morgan fingerprint density at radius 3 is 2.56 bits per heavy atom. The van der Waals surface area contributed by atoms with Crippen molar-refractivity contribution in [2.75, 3.05) is 6.61 Å². The van der Waals surface area contributed by atoms with Crippen LogP contribution in [0.4, 0.5) is 0 Å². The third kappa shape index (κ3) is 4.84. The van der Waals surface area contributed by atoms with E-state index in [9.17, 15) is 13.2 Å². The molecule has 1 aliphatic carbocycles. The van der Waals surface area contributed by atoms with Crippen LogP contribution >= 0.6 is 0 Å². The molecule has 3 aromatic carbocycles. The molecule has 0 saturated heterocycles. The molecule has 0 saturated carbocycles. The number of fused-ring (bicyclic) bond motifs is 1. The van der Waals surface area contributed by atoms with E-state index in [1.807, 2.05) is 43.3 Å². The van der Waals surface area contributed by atoms with E-state index < -0.39 is 28.6 Å². The van der Waals surface area contributed by atoms with Crippen molar-refractivity contribution in [2.45, 2.75) is 37.1 Å². The van der Waals surface area contributed by atoms with Crippen molar-refractivity contribution in [1.82, 2.24) is 4.72 Å². The fourth-order valence-corrected chi connectivity index (χ4v) is 5.35. The molecular formula is C25H25NO5S. The Bertz CT molecular complexity index is 1240. The standard InChI is InChI=1S/C25H25NO5S/c1-17-11-13-18(14-12-17)19-5-2-6-20(15-19)32(29,30)26-23-9-3-8-22-21(23)7-4-10-24(22)31-16-25(27)28/h2,4-7,10-15,23,26H,3,8-9,16H2,1H3,(H,27,28). The monoisotopic (exact) mass is 451 g/mol. The molecule has 1 unspecified atom stereocenters. The number of nitrogens with one attached hydrogen (secondary N) is 1. The molecule has 0 radical (unpaired) electrons. The van der Waals surface area contributed by atoms with E-state index in [0.717, 1.165) is 34.2 Å². The van der Waals surface area contributed by atoms with E-state index >= 15 is 0 Å². The quantitative estimate of drug-likeness (QED) is 0.552. The van der Waals surface area contributed by atoms with Gasteiger partial charge in [0, 0.05) is 6.04 Å². The molecule has 7 heteroatoms. The van der Waals surface area contributed by atoms with Crippen molar-refractivity contribution in [3.8, 4) is 16.9 Å². The Hall–Kier alpha value is -3.16. The third-order valence-electron chi connectivity index (χ3n) is 5.64. The number of sulfonamides is 1. The maximum absolute atomic E-state index is 13.2. The zero-order valence-electron chi connectivity index (χ0n) is 17.7. The highest BCUT2D eigenvalue weighted by Crippen LogP contribution is 2.36. The predicted octanol–water partition coefficient (Wildman–Crippen LogP) is 4.48. The third-order valence-corrected chi connectivity index (χ3v) is 7.11. The van der Waals surface area contributed by atoms with E-state index in [2.05, 4.69) is 4.72 Å². The number of carboxylic acids is 1. The minimum Gasteiger partial charge on any atom is -0.482 e. The number of rotatable bonds is 7. The van der Waals surface area contributed by atoms with Gasteiger partial charge in [-0.25, -0.2) is 17.9 Å². The number of hydrogen-bond acceptors (Lipinski definition) is 4. The van der Waals surface area contributed by atoms with Gasteiger partial charge in [0.2, 0.25) is 10.0 Å². The molecule has 2 N–H and O–H groups in total. The molecular weight excluding hydrogens is 426 g/mol. The number of aliphatic carboxylic acids is 1. The van der Waals surface area contributed by atoms with Crippen LogP contribution in [0, 0.1) is 6.92 Å². The summed E-state index contributed by atoms with van der Waals surface area (Å²) in [5.41, 5.74) is 4.62. The van der Waals surface area contributed by atoms with Crippen LogP contribution in [-0.4, -0.2) is 26.1 Å². The summed E-state index contributed by atoms with van der Waals surface area (Å²) in [4.78, 5) is 11.1. The summed E-state index contributed by atoms with van der Waals surface area (Å²) in [6.45, 7) is 1.58. The van der Waals surface area contributed by atoms with Crippen LogP contribution in [0.5, 0.6) is 5.75 Å². The molecule has 166 valence electrons. The molecule has 0 aromatic heterocycles. The smallest absolute Gasteiger partial charge is 0.341 e. The van der Waals surface area contributed by atoms with Gasteiger partial charge in [0.25, 0.3) is 0 Å². The molecule has 0 fully saturated rings. The topological polar surface area (TPSA) is 92.7 Å². The number of hydrogen-bond donors (Lipinski definition) is 2. The molecule has 3 aromatic rings.